The first kappa shape index (κ1) is 30.6. The Kier molecular flexibility index (Phi) is 10.3. The maximum atomic E-state index is 13.4. The van der Waals surface area contributed by atoms with Crippen molar-refractivity contribution < 1.29 is 17.9 Å². The second-order valence-electron chi connectivity index (χ2n) is 10.4. The van der Waals surface area contributed by atoms with Crippen LogP contribution in [0.2, 0.25) is 0 Å². The summed E-state index contributed by atoms with van der Waals surface area (Å²) in [5.41, 5.74) is 2.79. The summed E-state index contributed by atoms with van der Waals surface area (Å²) in [6.45, 7) is 4.21. The van der Waals surface area contributed by atoms with Crippen molar-refractivity contribution in [1.82, 2.24) is 19.0 Å². The van der Waals surface area contributed by atoms with Gasteiger partial charge in [-0.2, -0.15) is 9.40 Å². The zero-order chi connectivity index (χ0) is 29.5. The molecule has 3 heterocycles. The molecule has 42 heavy (non-hydrogen) atoms. The number of amides is 1. The van der Waals surface area contributed by atoms with Crippen LogP contribution in [0, 0.1) is 0 Å². The third-order valence-electron chi connectivity index (χ3n) is 7.37. The maximum absolute atomic E-state index is 13.4. The number of benzene rings is 2. The number of hydrogen-bond acceptors (Lipinski definition) is 7. The van der Waals surface area contributed by atoms with E-state index in [0.29, 0.717) is 58.9 Å². The summed E-state index contributed by atoms with van der Waals surface area (Å²) in [6.07, 6.45) is 10.5. The molecular formula is C31H36N4O4S3. The maximum Gasteiger partial charge on any atom is 0.266 e. The van der Waals surface area contributed by atoms with Crippen molar-refractivity contribution in [3.63, 3.8) is 0 Å². The van der Waals surface area contributed by atoms with Crippen molar-refractivity contribution in [3.05, 3.63) is 71.3 Å². The highest BCUT2D eigenvalue weighted by atomic mass is 32.2. The molecule has 0 unspecified atom stereocenters. The van der Waals surface area contributed by atoms with Gasteiger partial charge in [-0.1, -0.05) is 93.3 Å². The number of unbranched alkanes of at least 4 members (excludes halogenated alkanes) is 5. The molecule has 2 saturated heterocycles. The molecule has 2 aliphatic heterocycles. The Labute approximate surface area is 257 Å². The summed E-state index contributed by atoms with van der Waals surface area (Å²) in [5.74, 6) is -0.0967. The standard InChI is InChI=1S/C31H36N4O4S3/c1-2-3-4-5-6-10-16-34-30(36)28(41-31(34)40)22-25-23-35(26-13-8-7-9-14-26)32-29(25)24-12-11-15-27(21-24)42(37,38)33-17-19-39-20-18-33/h7-9,11-15,21-23H,2-6,10,16-20H2,1H3/b28-22-. The lowest BCUT2D eigenvalue weighted by Crippen LogP contribution is -2.40. The van der Waals surface area contributed by atoms with E-state index in [-0.39, 0.29) is 10.8 Å². The van der Waals surface area contributed by atoms with E-state index in [1.807, 2.05) is 48.7 Å². The summed E-state index contributed by atoms with van der Waals surface area (Å²) in [4.78, 5) is 15.8. The van der Waals surface area contributed by atoms with Gasteiger partial charge in [0.2, 0.25) is 10.0 Å². The van der Waals surface area contributed by atoms with Gasteiger partial charge in [-0.25, -0.2) is 13.1 Å². The van der Waals surface area contributed by atoms with E-state index in [1.54, 1.807) is 27.8 Å². The first-order valence-corrected chi connectivity index (χ1v) is 17.1. The van der Waals surface area contributed by atoms with Crippen LogP contribution in [0.4, 0.5) is 0 Å². The predicted octanol–water partition coefficient (Wildman–Crippen LogP) is 6.12. The number of para-hydroxylation sites is 1. The van der Waals surface area contributed by atoms with E-state index in [1.165, 1.54) is 41.8 Å². The first-order chi connectivity index (χ1) is 20.4. The van der Waals surface area contributed by atoms with Gasteiger partial charge in [-0.05, 0) is 36.8 Å². The number of carbonyl (C=O) groups is 1. The van der Waals surface area contributed by atoms with Gasteiger partial charge in [-0.3, -0.25) is 9.69 Å². The summed E-state index contributed by atoms with van der Waals surface area (Å²) in [5, 5.41) is 4.85. The Morgan fingerprint density at radius 2 is 1.74 bits per heavy atom. The second-order valence-corrected chi connectivity index (χ2v) is 14.0. The Hall–Kier alpha value is -2.83. The lowest BCUT2D eigenvalue weighted by molar-refractivity contribution is -0.122. The van der Waals surface area contributed by atoms with Crippen LogP contribution in [-0.4, -0.2) is 70.5 Å². The SMILES string of the molecule is CCCCCCCCN1C(=O)/C(=C/c2cn(-c3ccccc3)nc2-c2cccc(S(=O)(=O)N3CCOCC3)c2)SC1=S. The molecule has 0 spiro atoms. The monoisotopic (exact) mass is 624 g/mol. The summed E-state index contributed by atoms with van der Waals surface area (Å²) >= 11 is 6.89. The van der Waals surface area contributed by atoms with Crippen LogP contribution in [0.15, 0.2) is 70.6 Å². The van der Waals surface area contributed by atoms with E-state index < -0.39 is 10.0 Å². The molecule has 3 aromatic rings. The fourth-order valence-corrected chi connectivity index (χ4v) is 7.81. The average molecular weight is 625 g/mol. The number of rotatable bonds is 12. The number of morpholine rings is 1. The molecular weight excluding hydrogens is 589 g/mol. The summed E-state index contributed by atoms with van der Waals surface area (Å²) in [6, 6.07) is 16.5. The Morgan fingerprint density at radius 3 is 2.50 bits per heavy atom. The molecule has 11 heteroatoms. The molecule has 0 N–H and O–H groups in total. The van der Waals surface area contributed by atoms with E-state index >= 15 is 0 Å². The van der Waals surface area contributed by atoms with Gasteiger partial charge in [-0.15, -0.1) is 0 Å². The molecule has 0 aliphatic carbocycles. The van der Waals surface area contributed by atoms with Gasteiger partial charge in [0.25, 0.3) is 5.91 Å². The minimum atomic E-state index is -3.69. The lowest BCUT2D eigenvalue weighted by atomic mass is 10.1. The van der Waals surface area contributed by atoms with Crippen LogP contribution in [0.3, 0.4) is 0 Å². The van der Waals surface area contributed by atoms with Crippen LogP contribution < -0.4 is 0 Å². The highest BCUT2D eigenvalue weighted by molar-refractivity contribution is 8.26. The minimum absolute atomic E-state index is 0.0967. The normalized spacial score (nSPS) is 17.5. The van der Waals surface area contributed by atoms with Crippen LogP contribution in [0.1, 0.15) is 51.0 Å². The molecule has 0 atom stereocenters. The van der Waals surface area contributed by atoms with Crippen LogP contribution in [0.25, 0.3) is 23.0 Å². The Balaban J connectivity index is 1.45. The summed E-state index contributed by atoms with van der Waals surface area (Å²) < 4.78 is 35.9. The molecule has 0 bridgehead atoms. The number of thiocarbonyl (C=S) groups is 1. The molecule has 222 valence electrons. The van der Waals surface area contributed by atoms with Gasteiger partial charge in [0.05, 0.1) is 28.7 Å². The van der Waals surface area contributed by atoms with Crippen molar-refractivity contribution in [2.75, 3.05) is 32.8 Å². The molecule has 2 fully saturated rings. The van der Waals surface area contributed by atoms with E-state index in [0.717, 1.165) is 18.5 Å². The Morgan fingerprint density at radius 1 is 1.00 bits per heavy atom. The first-order valence-electron chi connectivity index (χ1n) is 14.5. The van der Waals surface area contributed by atoms with E-state index in [9.17, 15) is 13.2 Å². The second kappa shape index (κ2) is 14.1. The van der Waals surface area contributed by atoms with Crippen molar-refractivity contribution in [1.29, 1.82) is 0 Å². The lowest BCUT2D eigenvalue weighted by Gasteiger charge is -2.26. The summed E-state index contributed by atoms with van der Waals surface area (Å²) in [7, 11) is -3.69. The fraction of sp³-hybridized carbons (Fsp3) is 0.387. The molecule has 8 nitrogen and oxygen atoms in total. The zero-order valence-electron chi connectivity index (χ0n) is 23.8. The molecule has 0 saturated carbocycles. The van der Waals surface area contributed by atoms with Crippen molar-refractivity contribution >= 4 is 50.3 Å². The molecule has 1 amide bonds. The number of carbonyl (C=O) groups excluding carboxylic acids is 1. The smallest absolute Gasteiger partial charge is 0.266 e. The zero-order valence-corrected chi connectivity index (χ0v) is 26.2. The molecule has 2 aromatic carbocycles. The fourth-order valence-electron chi connectivity index (χ4n) is 5.05. The largest absolute Gasteiger partial charge is 0.379 e. The van der Waals surface area contributed by atoms with Crippen molar-refractivity contribution in [2.45, 2.75) is 50.3 Å². The van der Waals surface area contributed by atoms with Gasteiger partial charge in [0.1, 0.15) is 10.0 Å². The highest BCUT2D eigenvalue weighted by Crippen LogP contribution is 2.35. The molecule has 1 aromatic heterocycles. The van der Waals surface area contributed by atoms with Crippen molar-refractivity contribution in [2.24, 2.45) is 0 Å². The number of aromatic nitrogens is 2. The third kappa shape index (κ3) is 7.03. The molecule has 0 radical (unpaired) electrons. The number of thioether (sulfide) groups is 1. The van der Waals surface area contributed by atoms with Crippen LogP contribution in [-0.2, 0) is 19.6 Å². The van der Waals surface area contributed by atoms with Gasteiger partial charge >= 0.3 is 0 Å². The average Bonchev–Trinajstić information content (AvgIpc) is 3.56. The topological polar surface area (TPSA) is 84.7 Å². The quantitative estimate of drug-likeness (QED) is 0.136. The van der Waals surface area contributed by atoms with Gasteiger partial charge in [0.15, 0.2) is 0 Å². The number of sulfonamides is 1. The van der Waals surface area contributed by atoms with E-state index in [2.05, 4.69) is 6.92 Å². The van der Waals surface area contributed by atoms with Crippen molar-refractivity contribution in [3.8, 4) is 16.9 Å². The Bertz CT molecular complexity index is 1550. The van der Waals surface area contributed by atoms with Crippen LogP contribution in [0.5, 0.6) is 0 Å². The molecule has 2 aliphatic rings. The molecule has 5 rings (SSSR count). The number of ether oxygens (including phenoxy) is 1. The third-order valence-corrected chi connectivity index (χ3v) is 10.6. The number of hydrogen-bond donors (Lipinski definition) is 0. The highest BCUT2D eigenvalue weighted by Gasteiger charge is 2.32. The number of nitrogens with zero attached hydrogens (tertiary/aromatic N) is 4. The van der Waals surface area contributed by atoms with Crippen LogP contribution >= 0.6 is 24.0 Å². The minimum Gasteiger partial charge on any atom is -0.379 e. The predicted molar refractivity (Wildman–Crippen MR) is 172 cm³/mol. The van der Waals surface area contributed by atoms with Gasteiger partial charge in [0, 0.05) is 37.0 Å². The van der Waals surface area contributed by atoms with Gasteiger partial charge < -0.3 is 4.74 Å². The van der Waals surface area contributed by atoms with E-state index in [4.69, 9.17) is 22.1 Å².